The molecule has 0 aromatic heterocycles. The second-order valence-corrected chi connectivity index (χ2v) is 10.8. The zero-order valence-electron chi connectivity index (χ0n) is 19.4. The zero-order valence-corrected chi connectivity index (χ0v) is 19.4. The SMILES string of the molecule is CCC(C)(C)CC(C1=CC(C)=C(OCC(=O)OC(C)(C)C)CC1)C(C)(C)C. The van der Waals surface area contributed by atoms with Gasteiger partial charge < -0.3 is 9.47 Å². The van der Waals surface area contributed by atoms with E-state index < -0.39 is 5.60 Å². The first-order valence-corrected chi connectivity index (χ1v) is 10.4. The fraction of sp³-hybridized carbons (Fsp3) is 0.792. The molecule has 1 atom stereocenters. The predicted molar refractivity (Wildman–Crippen MR) is 113 cm³/mol. The van der Waals surface area contributed by atoms with Crippen LogP contribution in [0.15, 0.2) is 23.0 Å². The molecule has 0 heterocycles. The Bertz CT molecular complexity index is 580. The van der Waals surface area contributed by atoms with Crippen molar-refractivity contribution in [1.82, 2.24) is 0 Å². The molecule has 0 bridgehead atoms. The minimum atomic E-state index is -0.477. The molecule has 0 saturated carbocycles. The molecule has 0 radical (unpaired) electrons. The van der Waals surface area contributed by atoms with Crippen molar-refractivity contribution >= 4 is 5.97 Å². The highest BCUT2D eigenvalue weighted by molar-refractivity contribution is 5.71. The van der Waals surface area contributed by atoms with Crippen molar-refractivity contribution in [2.24, 2.45) is 16.7 Å². The van der Waals surface area contributed by atoms with Gasteiger partial charge in [0.25, 0.3) is 0 Å². The van der Waals surface area contributed by atoms with E-state index in [4.69, 9.17) is 9.47 Å². The first-order chi connectivity index (χ1) is 12.1. The van der Waals surface area contributed by atoms with Gasteiger partial charge in [-0.2, -0.15) is 0 Å². The summed E-state index contributed by atoms with van der Waals surface area (Å²) in [5.41, 5.74) is 2.75. The molecular weight excluding hydrogens is 336 g/mol. The number of carbonyl (C=O) groups is 1. The third kappa shape index (κ3) is 8.11. The van der Waals surface area contributed by atoms with Gasteiger partial charge in [0, 0.05) is 6.42 Å². The maximum Gasteiger partial charge on any atom is 0.344 e. The van der Waals surface area contributed by atoms with Gasteiger partial charge in [0.15, 0.2) is 6.61 Å². The summed E-state index contributed by atoms with van der Waals surface area (Å²) in [6.07, 6.45) is 6.55. The Kier molecular flexibility index (Phi) is 7.78. The molecule has 3 heteroatoms. The molecule has 0 fully saturated rings. The lowest BCUT2D eigenvalue weighted by Gasteiger charge is -2.39. The maximum atomic E-state index is 11.9. The Balaban J connectivity index is 2.90. The van der Waals surface area contributed by atoms with Crippen LogP contribution in [0.3, 0.4) is 0 Å². The molecule has 1 rings (SSSR count). The van der Waals surface area contributed by atoms with Crippen molar-refractivity contribution in [3.63, 3.8) is 0 Å². The van der Waals surface area contributed by atoms with E-state index in [9.17, 15) is 4.79 Å². The molecule has 1 aliphatic carbocycles. The fourth-order valence-electron chi connectivity index (χ4n) is 3.55. The van der Waals surface area contributed by atoms with Gasteiger partial charge in [0.2, 0.25) is 0 Å². The molecule has 27 heavy (non-hydrogen) atoms. The van der Waals surface area contributed by atoms with E-state index in [0.29, 0.717) is 11.3 Å². The maximum absolute atomic E-state index is 11.9. The van der Waals surface area contributed by atoms with Crippen LogP contribution >= 0.6 is 0 Å². The van der Waals surface area contributed by atoms with Crippen LogP contribution in [0.5, 0.6) is 0 Å². The lowest BCUT2D eigenvalue weighted by molar-refractivity contribution is -0.158. The highest BCUT2D eigenvalue weighted by atomic mass is 16.6. The van der Waals surface area contributed by atoms with E-state index in [1.54, 1.807) is 0 Å². The lowest BCUT2D eigenvalue weighted by Crippen LogP contribution is -2.29. The fourth-order valence-corrected chi connectivity index (χ4v) is 3.55. The van der Waals surface area contributed by atoms with Crippen LogP contribution < -0.4 is 0 Å². The average molecular weight is 379 g/mol. The van der Waals surface area contributed by atoms with Crippen LogP contribution in [0.4, 0.5) is 0 Å². The van der Waals surface area contributed by atoms with Gasteiger partial charge in [0.1, 0.15) is 11.4 Å². The summed E-state index contributed by atoms with van der Waals surface area (Å²) in [5, 5.41) is 0. The molecule has 1 unspecified atom stereocenters. The first-order valence-electron chi connectivity index (χ1n) is 10.4. The summed E-state index contributed by atoms with van der Waals surface area (Å²) in [6.45, 7) is 21.7. The first kappa shape index (κ1) is 23.8. The van der Waals surface area contributed by atoms with Crippen LogP contribution in [0.25, 0.3) is 0 Å². The Labute approximate surface area is 167 Å². The quantitative estimate of drug-likeness (QED) is 0.456. The summed E-state index contributed by atoms with van der Waals surface area (Å²) in [4.78, 5) is 11.9. The number of hydrogen-bond acceptors (Lipinski definition) is 3. The zero-order chi connectivity index (χ0) is 21.0. The largest absolute Gasteiger partial charge is 0.486 e. The van der Waals surface area contributed by atoms with E-state index in [2.05, 4.69) is 54.5 Å². The molecule has 0 saturated heterocycles. The molecule has 0 aromatic rings. The van der Waals surface area contributed by atoms with Gasteiger partial charge in [-0.15, -0.1) is 0 Å². The van der Waals surface area contributed by atoms with Crippen LogP contribution in [0.1, 0.15) is 94.9 Å². The summed E-state index contributed by atoms with van der Waals surface area (Å²) >= 11 is 0. The third-order valence-corrected chi connectivity index (χ3v) is 5.47. The second kappa shape index (κ2) is 8.84. The molecule has 1 aliphatic rings. The van der Waals surface area contributed by atoms with Crippen molar-refractivity contribution in [2.75, 3.05) is 6.61 Å². The van der Waals surface area contributed by atoms with E-state index in [-0.39, 0.29) is 18.0 Å². The molecule has 0 aliphatic heterocycles. The number of allylic oxidation sites excluding steroid dienone is 4. The van der Waals surface area contributed by atoms with Gasteiger partial charge in [-0.1, -0.05) is 59.6 Å². The highest BCUT2D eigenvalue weighted by Crippen LogP contribution is 2.45. The van der Waals surface area contributed by atoms with Gasteiger partial charge in [0.05, 0.1) is 0 Å². The normalized spacial score (nSPS) is 17.5. The van der Waals surface area contributed by atoms with Gasteiger partial charge in [-0.05, 0) is 62.9 Å². The standard InChI is InChI=1S/C24H42O3/c1-11-24(9,10)15-19(22(3,4)5)18-12-13-20(17(2)14-18)26-16-21(25)27-23(6,7)8/h14,19H,11-13,15-16H2,1-10H3. The Morgan fingerprint density at radius 3 is 2.11 bits per heavy atom. The van der Waals surface area contributed by atoms with Crippen molar-refractivity contribution in [2.45, 2.75) is 101 Å². The topological polar surface area (TPSA) is 35.5 Å². The molecule has 0 spiro atoms. The number of ether oxygens (including phenoxy) is 2. The minimum Gasteiger partial charge on any atom is -0.486 e. The Morgan fingerprint density at radius 1 is 1.07 bits per heavy atom. The molecule has 0 amide bonds. The van der Waals surface area contributed by atoms with Crippen LogP contribution in [0.2, 0.25) is 0 Å². The highest BCUT2D eigenvalue weighted by Gasteiger charge is 2.34. The molecular formula is C24H42O3. The summed E-state index contributed by atoms with van der Waals surface area (Å²) < 4.78 is 11.1. The van der Waals surface area contributed by atoms with Gasteiger partial charge in [-0.3, -0.25) is 0 Å². The molecule has 3 nitrogen and oxygen atoms in total. The Morgan fingerprint density at radius 2 is 1.67 bits per heavy atom. The van der Waals surface area contributed by atoms with Crippen molar-refractivity contribution in [1.29, 1.82) is 0 Å². The summed E-state index contributed by atoms with van der Waals surface area (Å²) in [6, 6.07) is 0. The van der Waals surface area contributed by atoms with E-state index in [1.807, 2.05) is 20.8 Å². The molecule has 0 N–H and O–H groups in total. The van der Waals surface area contributed by atoms with Crippen molar-refractivity contribution in [3.05, 3.63) is 23.0 Å². The van der Waals surface area contributed by atoms with E-state index >= 15 is 0 Å². The van der Waals surface area contributed by atoms with Gasteiger partial charge in [-0.25, -0.2) is 4.79 Å². The molecule has 156 valence electrons. The van der Waals surface area contributed by atoms with Crippen molar-refractivity contribution in [3.8, 4) is 0 Å². The van der Waals surface area contributed by atoms with Crippen molar-refractivity contribution < 1.29 is 14.3 Å². The van der Waals surface area contributed by atoms with Gasteiger partial charge >= 0.3 is 5.97 Å². The predicted octanol–water partition coefficient (Wildman–Crippen LogP) is 6.83. The number of rotatable bonds is 7. The monoisotopic (exact) mass is 378 g/mol. The van der Waals surface area contributed by atoms with E-state index in [1.165, 1.54) is 18.4 Å². The third-order valence-electron chi connectivity index (χ3n) is 5.47. The number of carbonyl (C=O) groups excluding carboxylic acids is 1. The molecule has 0 aromatic carbocycles. The smallest absolute Gasteiger partial charge is 0.344 e. The summed E-state index contributed by atoms with van der Waals surface area (Å²) in [7, 11) is 0. The van der Waals surface area contributed by atoms with Crippen LogP contribution in [-0.2, 0) is 14.3 Å². The van der Waals surface area contributed by atoms with Crippen LogP contribution in [0, 0.1) is 16.7 Å². The lowest BCUT2D eigenvalue weighted by atomic mass is 9.66. The van der Waals surface area contributed by atoms with Crippen LogP contribution in [-0.4, -0.2) is 18.2 Å². The Hall–Kier alpha value is -1.25. The van der Waals surface area contributed by atoms with E-state index in [0.717, 1.165) is 24.2 Å². The average Bonchev–Trinajstić information content (AvgIpc) is 2.49. The summed E-state index contributed by atoms with van der Waals surface area (Å²) in [5.74, 6) is 1.16. The number of esters is 1. The minimum absolute atomic E-state index is 0.0152. The second-order valence-electron chi connectivity index (χ2n) is 10.8. The number of hydrogen-bond donors (Lipinski definition) is 0.